The van der Waals surface area contributed by atoms with Gasteiger partial charge in [-0.3, -0.25) is 0 Å². The van der Waals surface area contributed by atoms with Gasteiger partial charge in [-0.1, -0.05) is 23.8 Å². The zero-order valence-corrected chi connectivity index (χ0v) is 12.3. The molecule has 4 nitrogen and oxygen atoms in total. The summed E-state index contributed by atoms with van der Waals surface area (Å²) in [5.41, 5.74) is 1.73. The largest absolute Gasteiger partial charge is 0.276 e. The summed E-state index contributed by atoms with van der Waals surface area (Å²) in [6.45, 7) is 3.69. The van der Waals surface area contributed by atoms with E-state index in [1.807, 2.05) is 30.5 Å². The molecule has 0 amide bonds. The molecule has 0 aliphatic heterocycles. The minimum Gasteiger partial charge on any atom is -0.200 e. The molecule has 0 fully saturated rings. The Morgan fingerprint density at radius 3 is 2.68 bits per heavy atom. The number of aryl methyl sites for hydroxylation is 2. The first-order valence-electron chi connectivity index (χ1n) is 5.65. The molecule has 19 heavy (non-hydrogen) atoms. The molecule has 0 aliphatic carbocycles. The number of rotatable bonds is 4. The number of hydrogen-bond donors (Lipinski definition) is 1. The van der Waals surface area contributed by atoms with Crippen LogP contribution in [0, 0.1) is 13.8 Å². The minimum atomic E-state index is -3.60. The Morgan fingerprint density at radius 2 is 2.05 bits per heavy atom. The second kappa shape index (κ2) is 5.54. The Bertz CT molecular complexity index is 689. The zero-order valence-electron chi connectivity index (χ0n) is 10.6. The summed E-state index contributed by atoms with van der Waals surface area (Å²) in [5.74, 6) is 0. The number of hydrazone groups is 1. The molecule has 0 bridgehead atoms. The number of sulfonamides is 1. The molecule has 0 atom stereocenters. The molecule has 0 saturated carbocycles. The highest BCUT2D eigenvalue weighted by Gasteiger charge is 2.15. The first kappa shape index (κ1) is 13.8. The summed E-state index contributed by atoms with van der Waals surface area (Å²) in [7, 11) is -3.60. The fourth-order valence-corrected chi connectivity index (χ4v) is 3.28. The van der Waals surface area contributed by atoms with E-state index in [0.29, 0.717) is 5.56 Å². The Balaban J connectivity index is 2.18. The van der Waals surface area contributed by atoms with E-state index in [1.165, 1.54) is 17.6 Å². The van der Waals surface area contributed by atoms with Crippen molar-refractivity contribution in [1.29, 1.82) is 0 Å². The topological polar surface area (TPSA) is 58.5 Å². The molecule has 1 aromatic carbocycles. The SMILES string of the molecule is Cc1ccc(S(=O)(=O)N/N=C/c2cccs2)c(C)c1. The molecule has 2 rings (SSSR count). The zero-order chi connectivity index (χ0) is 13.9. The minimum absolute atomic E-state index is 0.251. The van der Waals surface area contributed by atoms with Crippen LogP contribution >= 0.6 is 11.3 Å². The summed E-state index contributed by atoms with van der Waals surface area (Å²) in [5, 5.41) is 5.68. The standard InChI is InChI=1S/C13H14N2O2S2/c1-10-5-6-13(11(2)8-10)19(16,17)15-14-9-12-4-3-7-18-12/h3-9,15H,1-2H3/b14-9+. The van der Waals surface area contributed by atoms with Crippen LogP contribution in [0.15, 0.2) is 45.7 Å². The normalized spacial score (nSPS) is 11.9. The monoisotopic (exact) mass is 294 g/mol. The lowest BCUT2D eigenvalue weighted by molar-refractivity contribution is 0.584. The van der Waals surface area contributed by atoms with Gasteiger partial charge in [0.05, 0.1) is 11.1 Å². The molecule has 6 heteroatoms. The van der Waals surface area contributed by atoms with Gasteiger partial charge in [0, 0.05) is 4.88 Å². The average molecular weight is 294 g/mol. The van der Waals surface area contributed by atoms with Crippen molar-refractivity contribution in [2.45, 2.75) is 18.7 Å². The molecule has 0 spiro atoms. The van der Waals surface area contributed by atoms with E-state index in [2.05, 4.69) is 9.93 Å². The molecule has 1 N–H and O–H groups in total. The summed E-state index contributed by atoms with van der Waals surface area (Å²) < 4.78 is 24.1. The fraction of sp³-hybridized carbons (Fsp3) is 0.154. The smallest absolute Gasteiger partial charge is 0.200 e. The molecular formula is C13H14N2O2S2. The van der Waals surface area contributed by atoms with Gasteiger partial charge in [-0.25, -0.2) is 4.83 Å². The van der Waals surface area contributed by atoms with Crippen LogP contribution in [0.4, 0.5) is 0 Å². The molecule has 0 aliphatic rings. The molecule has 0 radical (unpaired) electrons. The predicted octanol–water partition coefficient (Wildman–Crippen LogP) is 2.68. The molecule has 0 unspecified atom stereocenters. The van der Waals surface area contributed by atoms with Crippen LogP contribution in [0.1, 0.15) is 16.0 Å². The number of nitrogens with one attached hydrogen (secondary N) is 1. The number of thiophene rings is 1. The lowest BCUT2D eigenvalue weighted by Crippen LogP contribution is -2.19. The Hall–Kier alpha value is -1.66. The van der Waals surface area contributed by atoms with Crippen LogP contribution < -0.4 is 4.83 Å². The van der Waals surface area contributed by atoms with Crippen molar-refractivity contribution < 1.29 is 8.42 Å². The van der Waals surface area contributed by atoms with E-state index < -0.39 is 10.0 Å². The van der Waals surface area contributed by atoms with E-state index >= 15 is 0 Å². The molecule has 2 aromatic rings. The summed E-state index contributed by atoms with van der Waals surface area (Å²) in [4.78, 5) is 3.37. The maximum Gasteiger partial charge on any atom is 0.276 e. The quantitative estimate of drug-likeness (QED) is 0.696. The van der Waals surface area contributed by atoms with Gasteiger partial charge in [0.25, 0.3) is 10.0 Å². The molecule has 1 aromatic heterocycles. The van der Waals surface area contributed by atoms with Gasteiger partial charge in [0.15, 0.2) is 0 Å². The second-order valence-corrected chi connectivity index (χ2v) is 6.75. The van der Waals surface area contributed by atoms with Crippen molar-refractivity contribution in [3.05, 3.63) is 51.7 Å². The van der Waals surface area contributed by atoms with E-state index in [9.17, 15) is 8.42 Å². The third-order valence-electron chi connectivity index (χ3n) is 2.53. The summed E-state index contributed by atoms with van der Waals surface area (Å²) >= 11 is 1.49. The van der Waals surface area contributed by atoms with E-state index in [0.717, 1.165) is 10.4 Å². The first-order valence-corrected chi connectivity index (χ1v) is 8.01. The highest BCUT2D eigenvalue weighted by molar-refractivity contribution is 7.89. The van der Waals surface area contributed by atoms with Crippen LogP contribution in [0.5, 0.6) is 0 Å². The molecular weight excluding hydrogens is 280 g/mol. The lowest BCUT2D eigenvalue weighted by atomic mass is 10.2. The van der Waals surface area contributed by atoms with Gasteiger partial charge in [-0.05, 0) is 36.9 Å². The van der Waals surface area contributed by atoms with Gasteiger partial charge in [0.1, 0.15) is 0 Å². The van der Waals surface area contributed by atoms with Gasteiger partial charge in [-0.2, -0.15) is 13.5 Å². The van der Waals surface area contributed by atoms with Crippen LogP contribution in [0.2, 0.25) is 0 Å². The fourth-order valence-electron chi connectivity index (χ4n) is 1.67. The second-order valence-electron chi connectivity index (χ2n) is 4.14. The predicted molar refractivity (Wildman–Crippen MR) is 78.2 cm³/mol. The maximum absolute atomic E-state index is 12.1. The molecule has 100 valence electrons. The summed E-state index contributed by atoms with van der Waals surface area (Å²) in [6.07, 6.45) is 1.49. The Kier molecular flexibility index (Phi) is 4.01. The molecule has 0 saturated heterocycles. The number of benzene rings is 1. The van der Waals surface area contributed by atoms with Crippen LogP contribution in [0.3, 0.4) is 0 Å². The number of hydrogen-bond acceptors (Lipinski definition) is 4. The van der Waals surface area contributed by atoms with Crippen molar-refractivity contribution in [2.75, 3.05) is 0 Å². The van der Waals surface area contributed by atoms with Gasteiger partial charge < -0.3 is 0 Å². The third-order valence-corrected chi connectivity index (χ3v) is 4.72. The van der Waals surface area contributed by atoms with Gasteiger partial charge in [-0.15, -0.1) is 11.3 Å². The lowest BCUT2D eigenvalue weighted by Gasteiger charge is -2.07. The van der Waals surface area contributed by atoms with E-state index in [1.54, 1.807) is 19.1 Å². The van der Waals surface area contributed by atoms with E-state index in [4.69, 9.17) is 0 Å². The van der Waals surface area contributed by atoms with Crippen molar-refractivity contribution in [3.8, 4) is 0 Å². The third kappa shape index (κ3) is 3.42. The maximum atomic E-state index is 12.1. The Morgan fingerprint density at radius 1 is 1.26 bits per heavy atom. The van der Waals surface area contributed by atoms with Crippen molar-refractivity contribution in [3.63, 3.8) is 0 Å². The van der Waals surface area contributed by atoms with Crippen LogP contribution in [-0.4, -0.2) is 14.6 Å². The molecule has 1 heterocycles. The highest BCUT2D eigenvalue weighted by atomic mass is 32.2. The first-order chi connectivity index (χ1) is 8.99. The van der Waals surface area contributed by atoms with Crippen molar-refractivity contribution in [2.24, 2.45) is 5.10 Å². The van der Waals surface area contributed by atoms with Crippen LogP contribution in [-0.2, 0) is 10.0 Å². The number of nitrogens with zero attached hydrogens (tertiary/aromatic N) is 1. The Labute approximate surface area is 116 Å². The van der Waals surface area contributed by atoms with Crippen molar-refractivity contribution in [1.82, 2.24) is 4.83 Å². The van der Waals surface area contributed by atoms with Gasteiger partial charge >= 0.3 is 0 Å². The highest BCUT2D eigenvalue weighted by Crippen LogP contribution is 2.16. The van der Waals surface area contributed by atoms with Crippen LogP contribution in [0.25, 0.3) is 0 Å². The van der Waals surface area contributed by atoms with Gasteiger partial charge in [0.2, 0.25) is 0 Å². The average Bonchev–Trinajstić information content (AvgIpc) is 2.81. The van der Waals surface area contributed by atoms with Crippen molar-refractivity contribution >= 4 is 27.6 Å². The summed E-state index contributed by atoms with van der Waals surface area (Å²) in [6, 6.07) is 8.93. The van der Waals surface area contributed by atoms with E-state index in [-0.39, 0.29) is 4.90 Å².